The van der Waals surface area contributed by atoms with Crippen LogP contribution in [0.15, 0.2) is 36.8 Å². The third kappa shape index (κ3) is 8.23. The van der Waals surface area contributed by atoms with E-state index in [9.17, 15) is 34.5 Å². The molecule has 9 N–H and O–H groups in total. The Hall–Kier alpha value is -3.97. The van der Waals surface area contributed by atoms with Crippen LogP contribution in [0.25, 0.3) is 0 Å². The number of carbonyl (C=O) groups is 4. The molecule has 0 saturated heterocycles. The standard InChI is InChI=1S/C20H26N6O7/c21-14(5-11-1-3-13(28)4-2-11)18(30)26-16(9-27)19(31)23-8-17(29)25-15(20(32)33)6-12-7-22-10-24-12/h1-4,7,10,14-16,27-28H,5-6,8-9,21H2,(H,22,24)(H,23,31)(H,25,29)(H,26,30)(H,32,33). The Morgan fingerprint density at radius 1 is 1.03 bits per heavy atom. The molecule has 0 bridgehead atoms. The lowest BCUT2D eigenvalue weighted by molar-refractivity contribution is -0.141. The van der Waals surface area contributed by atoms with Gasteiger partial charge in [0.1, 0.15) is 17.8 Å². The average Bonchev–Trinajstić information content (AvgIpc) is 3.29. The van der Waals surface area contributed by atoms with E-state index in [1.807, 2.05) is 0 Å². The highest BCUT2D eigenvalue weighted by Gasteiger charge is 2.25. The number of hydrogen-bond acceptors (Lipinski definition) is 8. The maximum absolute atomic E-state index is 12.3. The largest absolute Gasteiger partial charge is 0.508 e. The minimum Gasteiger partial charge on any atom is -0.508 e. The van der Waals surface area contributed by atoms with Crippen LogP contribution in [0.5, 0.6) is 5.75 Å². The van der Waals surface area contributed by atoms with E-state index in [4.69, 9.17) is 5.73 Å². The molecule has 0 aliphatic rings. The average molecular weight is 462 g/mol. The monoisotopic (exact) mass is 462 g/mol. The van der Waals surface area contributed by atoms with Crippen LogP contribution in [0.3, 0.4) is 0 Å². The van der Waals surface area contributed by atoms with Gasteiger partial charge in [-0.15, -0.1) is 0 Å². The Kier molecular flexibility index (Phi) is 9.32. The van der Waals surface area contributed by atoms with E-state index in [0.717, 1.165) is 0 Å². The number of aromatic hydroxyl groups is 1. The van der Waals surface area contributed by atoms with E-state index < -0.39 is 55.0 Å². The SMILES string of the molecule is NC(Cc1ccc(O)cc1)C(=O)NC(CO)C(=O)NCC(=O)NC(Cc1cnc[nH]1)C(=O)O. The number of amides is 3. The fourth-order valence-electron chi connectivity index (χ4n) is 2.80. The van der Waals surface area contributed by atoms with Gasteiger partial charge in [-0.05, 0) is 24.1 Å². The molecule has 3 atom stereocenters. The lowest BCUT2D eigenvalue weighted by Gasteiger charge is -2.19. The number of rotatable bonds is 12. The Bertz CT molecular complexity index is 948. The lowest BCUT2D eigenvalue weighted by atomic mass is 10.1. The Labute approximate surface area is 188 Å². The van der Waals surface area contributed by atoms with Crippen molar-refractivity contribution in [3.63, 3.8) is 0 Å². The number of imidazole rings is 1. The summed E-state index contributed by atoms with van der Waals surface area (Å²) in [5.41, 5.74) is 7.02. The maximum Gasteiger partial charge on any atom is 0.326 e. The van der Waals surface area contributed by atoms with E-state index in [1.54, 1.807) is 12.1 Å². The summed E-state index contributed by atoms with van der Waals surface area (Å²) in [6.07, 6.45) is 2.88. The molecule has 2 rings (SSSR count). The van der Waals surface area contributed by atoms with Gasteiger partial charge < -0.3 is 42.0 Å². The van der Waals surface area contributed by atoms with Crippen molar-refractivity contribution < 1.29 is 34.5 Å². The first kappa shape index (κ1) is 25.3. The molecule has 0 aliphatic carbocycles. The zero-order valence-electron chi connectivity index (χ0n) is 17.5. The van der Waals surface area contributed by atoms with Crippen molar-refractivity contribution in [2.45, 2.75) is 31.0 Å². The van der Waals surface area contributed by atoms with Gasteiger partial charge in [-0.3, -0.25) is 14.4 Å². The van der Waals surface area contributed by atoms with Gasteiger partial charge in [0, 0.05) is 18.3 Å². The van der Waals surface area contributed by atoms with Crippen LogP contribution in [0.2, 0.25) is 0 Å². The first-order valence-electron chi connectivity index (χ1n) is 9.91. The summed E-state index contributed by atoms with van der Waals surface area (Å²) in [4.78, 5) is 54.4. The topological polar surface area (TPSA) is 220 Å². The zero-order chi connectivity index (χ0) is 24.4. The maximum atomic E-state index is 12.3. The molecular formula is C20H26N6O7. The molecule has 3 unspecified atom stereocenters. The molecule has 13 heteroatoms. The number of carbonyl (C=O) groups excluding carboxylic acids is 3. The van der Waals surface area contributed by atoms with Crippen molar-refractivity contribution >= 4 is 23.7 Å². The third-order valence-electron chi connectivity index (χ3n) is 4.58. The smallest absolute Gasteiger partial charge is 0.326 e. The number of aliphatic carboxylic acids is 1. The van der Waals surface area contributed by atoms with Gasteiger partial charge in [0.15, 0.2) is 0 Å². The number of nitrogens with one attached hydrogen (secondary N) is 4. The molecule has 33 heavy (non-hydrogen) atoms. The number of hydrogen-bond donors (Lipinski definition) is 8. The quantitative estimate of drug-likeness (QED) is 0.165. The summed E-state index contributed by atoms with van der Waals surface area (Å²) >= 11 is 0. The molecule has 0 spiro atoms. The van der Waals surface area contributed by atoms with Crippen molar-refractivity contribution in [1.29, 1.82) is 0 Å². The fourth-order valence-corrected chi connectivity index (χ4v) is 2.80. The minimum absolute atomic E-state index is 0.0384. The first-order valence-corrected chi connectivity index (χ1v) is 9.91. The normalized spacial score (nSPS) is 13.4. The van der Waals surface area contributed by atoms with Gasteiger partial charge in [-0.1, -0.05) is 12.1 Å². The van der Waals surface area contributed by atoms with Crippen LogP contribution in [0.4, 0.5) is 0 Å². The Morgan fingerprint density at radius 3 is 2.30 bits per heavy atom. The van der Waals surface area contributed by atoms with Crippen LogP contribution < -0.4 is 21.7 Å². The van der Waals surface area contributed by atoms with Crippen LogP contribution in [0, 0.1) is 0 Å². The number of benzene rings is 1. The summed E-state index contributed by atoms with van der Waals surface area (Å²) in [5, 5.41) is 34.8. The Morgan fingerprint density at radius 2 is 1.73 bits per heavy atom. The second-order valence-corrected chi connectivity index (χ2v) is 7.18. The van der Waals surface area contributed by atoms with Crippen LogP contribution >= 0.6 is 0 Å². The van der Waals surface area contributed by atoms with Gasteiger partial charge >= 0.3 is 5.97 Å². The second-order valence-electron chi connectivity index (χ2n) is 7.18. The highest BCUT2D eigenvalue weighted by atomic mass is 16.4. The minimum atomic E-state index is -1.36. The Balaban J connectivity index is 1.82. The summed E-state index contributed by atoms with van der Waals surface area (Å²) in [6.45, 7) is -1.32. The number of carboxylic acid groups (broad SMARTS) is 1. The highest BCUT2D eigenvalue weighted by molar-refractivity contribution is 5.92. The van der Waals surface area contributed by atoms with Crippen LogP contribution in [-0.4, -0.2) is 80.3 Å². The van der Waals surface area contributed by atoms with E-state index in [2.05, 4.69) is 25.9 Å². The van der Waals surface area contributed by atoms with E-state index in [1.165, 1.54) is 24.7 Å². The summed E-state index contributed by atoms with van der Waals surface area (Å²) in [7, 11) is 0. The highest BCUT2D eigenvalue weighted by Crippen LogP contribution is 2.11. The second kappa shape index (κ2) is 12.2. The van der Waals surface area contributed by atoms with Crippen molar-refractivity contribution in [3.8, 4) is 5.75 Å². The van der Waals surface area contributed by atoms with E-state index in [-0.39, 0.29) is 18.6 Å². The molecule has 1 aromatic heterocycles. The summed E-state index contributed by atoms with van der Waals surface area (Å²) in [6, 6.07) is 2.43. The van der Waals surface area contributed by atoms with E-state index >= 15 is 0 Å². The molecule has 3 amide bonds. The molecule has 1 heterocycles. The third-order valence-corrected chi connectivity index (χ3v) is 4.58. The zero-order valence-corrected chi connectivity index (χ0v) is 17.5. The molecule has 0 saturated carbocycles. The molecule has 13 nitrogen and oxygen atoms in total. The van der Waals surface area contributed by atoms with Gasteiger partial charge in [-0.2, -0.15) is 0 Å². The number of carboxylic acids is 1. The predicted octanol–water partition coefficient (Wildman–Crippen LogP) is -2.61. The number of nitrogens with two attached hydrogens (primary N) is 1. The summed E-state index contributed by atoms with van der Waals surface area (Å²) in [5.74, 6) is -3.53. The molecule has 0 aliphatic heterocycles. The lowest BCUT2D eigenvalue weighted by Crippen LogP contribution is -2.55. The van der Waals surface area contributed by atoms with Gasteiger partial charge in [-0.25, -0.2) is 9.78 Å². The van der Waals surface area contributed by atoms with E-state index in [0.29, 0.717) is 11.3 Å². The molecule has 178 valence electrons. The number of H-pyrrole nitrogens is 1. The van der Waals surface area contributed by atoms with Crippen molar-refractivity contribution in [1.82, 2.24) is 25.9 Å². The van der Waals surface area contributed by atoms with Gasteiger partial charge in [0.25, 0.3) is 0 Å². The number of aromatic amines is 1. The van der Waals surface area contributed by atoms with Gasteiger partial charge in [0.05, 0.1) is 25.5 Å². The van der Waals surface area contributed by atoms with Crippen LogP contribution in [0.1, 0.15) is 11.3 Å². The van der Waals surface area contributed by atoms with Gasteiger partial charge in [0.2, 0.25) is 17.7 Å². The van der Waals surface area contributed by atoms with Crippen molar-refractivity contribution in [2.24, 2.45) is 5.73 Å². The molecule has 0 fully saturated rings. The number of phenols is 1. The molecular weight excluding hydrogens is 436 g/mol. The number of aromatic nitrogens is 2. The fraction of sp³-hybridized carbons (Fsp3) is 0.350. The van der Waals surface area contributed by atoms with Crippen molar-refractivity contribution in [3.05, 3.63) is 48.0 Å². The molecule has 2 aromatic rings. The molecule has 1 aromatic carbocycles. The number of phenolic OH excluding ortho intramolecular Hbond substituents is 1. The van der Waals surface area contributed by atoms with Crippen LogP contribution in [-0.2, 0) is 32.0 Å². The number of aliphatic hydroxyl groups excluding tert-OH is 1. The molecule has 0 radical (unpaired) electrons. The predicted molar refractivity (Wildman–Crippen MR) is 114 cm³/mol. The number of aliphatic hydroxyl groups is 1. The number of nitrogens with zero attached hydrogens (tertiary/aromatic N) is 1. The summed E-state index contributed by atoms with van der Waals surface area (Å²) < 4.78 is 0. The van der Waals surface area contributed by atoms with Crippen molar-refractivity contribution in [2.75, 3.05) is 13.2 Å². The first-order chi connectivity index (χ1) is 15.7.